The molecule has 1 aliphatic heterocycles. The number of halogens is 1. The van der Waals surface area contributed by atoms with Gasteiger partial charge < -0.3 is 19.9 Å². The maximum Gasteiger partial charge on any atom is 0.318 e. The highest BCUT2D eigenvalue weighted by Gasteiger charge is 2.41. The van der Waals surface area contributed by atoms with Crippen molar-refractivity contribution in [3.05, 3.63) is 29.0 Å². The molecule has 1 unspecified atom stereocenters. The highest BCUT2D eigenvalue weighted by Crippen LogP contribution is 2.45. The molecule has 2 aliphatic rings. The van der Waals surface area contributed by atoms with Crippen LogP contribution in [0.4, 0.5) is 10.5 Å². The van der Waals surface area contributed by atoms with Crippen molar-refractivity contribution in [2.45, 2.75) is 50.0 Å². The molecule has 1 saturated carbocycles. The average Bonchev–Trinajstić information content (AvgIpc) is 3.32. The van der Waals surface area contributed by atoms with Gasteiger partial charge in [0, 0.05) is 25.3 Å². The molecule has 27 heavy (non-hydrogen) atoms. The van der Waals surface area contributed by atoms with Gasteiger partial charge in [-0.15, -0.1) is 0 Å². The molecule has 2 heterocycles. The molecule has 7 nitrogen and oxygen atoms in total. The molecule has 4 rings (SSSR count). The number of aromatic nitrogens is 2. The second-order valence-electron chi connectivity index (χ2n) is 7.28. The van der Waals surface area contributed by atoms with E-state index in [-0.39, 0.29) is 17.6 Å². The quantitative estimate of drug-likeness (QED) is 0.813. The fourth-order valence-corrected chi connectivity index (χ4v) is 4.35. The highest BCUT2D eigenvalue weighted by molar-refractivity contribution is 6.33. The predicted octanol–water partition coefficient (Wildman–Crippen LogP) is 4.35. The summed E-state index contributed by atoms with van der Waals surface area (Å²) >= 11 is 6.36. The smallest absolute Gasteiger partial charge is 0.318 e. The van der Waals surface area contributed by atoms with Crippen LogP contribution in [0.2, 0.25) is 5.02 Å². The highest BCUT2D eigenvalue weighted by atomic mass is 35.5. The number of carbonyl (C=O) groups excluding carboxylic acids is 1. The van der Waals surface area contributed by atoms with Gasteiger partial charge in [-0.2, -0.15) is 4.98 Å². The normalized spacial score (nSPS) is 21.3. The van der Waals surface area contributed by atoms with Gasteiger partial charge in [-0.05, 0) is 43.9 Å². The zero-order valence-electron chi connectivity index (χ0n) is 15.3. The van der Waals surface area contributed by atoms with Crippen LogP contribution >= 0.6 is 11.6 Å². The summed E-state index contributed by atoms with van der Waals surface area (Å²) < 4.78 is 11.6. The Morgan fingerprint density at radius 1 is 1.33 bits per heavy atom. The fourth-order valence-electron chi connectivity index (χ4n) is 4.09. The first-order valence-electron chi connectivity index (χ1n) is 9.35. The van der Waals surface area contributed by atoms with E-state index in [1.165, 1.54) is 12.8 Å². The number of hydrogen-bond acceptors (Lipinski definition) is 5. The van der Waals surface area contributed by atoms with Gasteiger partial charge >= 0.3 is 6.03 Å². The van der Waals surface area contributed by atoms with E-state index in [2.05, 4.69) is 20.8 Å². The predicted molar refractivity (Wildman–Crippen MR) is 102 cm³/mol. The van der Waals surface area contributed by atoms with Crippen LogP contribution in [0.3, 0.4) is 0 Å². The Bertz CT molecular complexity index is 832. The van der Waals surface area contributed by atoms with Crippen LogP contribution < -0.4 is 10.6 Å². The lowest BCUT2D eigenvalue weighted by Gasteiger charge is -2.37. The number of ether oxygens (including phenoxy) is 1. The standard InChI is InChI=1S/C19H23ClN4O3/c1-21-18(25)22-13-4-5-14(15(20)10-13)17-23-16(24-27-17)12-6-9-26-19(11-12)7-2-3-8-19/h4-5,10,12H,2-3,6-9,11H2,1H3,(H2,21,22,25). The summed E-state index contributed by atoms with van der Waals surface area (Å²) in [6, 6.07) is 4.88. The minimum Gasteiger partial charge on any atom is -0.375 e. The third-order valence-corrected chi connectivity index (χ3v) is 5.81. The molecule has 0 bridgehead atoms. The summed E-state index contributed by atoms with van der Waals surface area (Å²) in [6.45, 7) is 0.745. The molecule has 1 aromatic heterocycles. The van der Waals surface area contributed by atoms with Crippen molar-refractivity contribution in [3.63, 3.8) is 0 Å². The van der Waals surface area contributed by atoms with E-state index >= 15 is 0 Å². The molecule has 144 valence electrons. The van der Waals surface area contributed by atoms with Crippen molar-refractivity contribution in [2.24, 2.45) is 0 Å². The Morgan fingerprint density at radius 2 is 2.15 bits per heavy atom. The van der Waals surface area contributed by atoms with Crippen molar-refractivity contribution in [2.75, 3.05) is 19.0 Å². The third kappa shape index (κ3) is 3.80. The molecule has 2 aromatic rings. The van der Waals surface area contributed by atoms with Gasteiger partial charge in [0.05, 0.1) is 16.2 Å². The van der Waals surface area contributed by atoms with Crippen molar-refractivity contribution >= 4 is 23.3 Å². The largest absolute Gasteiger partial charge is 0.375 e. The summed E-state index contributed by atoms with van der Waals surface area (Å²) in [4.78, 5) is 16.0. The summed E-state index contributed by atoms with van der Waals surface area (Å²) in [5, 5.41) is 9.83. The zero-order chi connectivity index (χ0) is 18.9. The molecule has 0 radical (unpaired) electrons. The maximum absolute atomic E-state index is 11.4. The van der Waals surface area contributed by atoms with E-state index in [0.717, 1.165) is 38.1 Å². The minimum atomic E-state index is -0.306. The van der Waals surface area contributed by atoms with Crippen LogP contribution in [-0.2, 0) is 4.74 Å². The lowest BCUT2D eigenvalue weighted by molar-refractivity contribution is -0.0815. The molecule has 2 N–H and O–H groups in total. The lowest BCUT2D eigenvalue weighted by atomic mass is 9.84. The van der Waals surface area contributed by atoms with Crippen LogP contribution in [0.15, 0.2) is 22.7 Å². The summed E-state index contributed by atoms with van der Waals surface area (Å²) in [5.74, 6) is 1.37. The maximum atomic E-state index is 11.4. The van der Waals surface area contributed by atoms with Crippen LogP contribution in [0.25, 0.3) is 11.5 Å². The number of nitrogens with zero attached hydrogens (tertiary/aromatic N) is 2. The van der Waals surface area contributed by atoms with Crippen molar-refractivity contribution in [1.82, 2.24) is 15.5 Å². The molecular formula is C19H23ClN4O3. The SMILES string of the molecule is CNC(=O)Nc1ccc(-c2nc(C3CCOC4(CCCC4)C3)no2)c(Cl)c1. The number of nitrogens with one attached hydrogen (secondary N) is 2. The first-order valence-corrected chi connectivity index (χ1v) is 9.73. The molecule has 1 saturated heterocycles. The Kier molecular flexibility index (Phi) is 5.06. The van der Waals surface area contributed by atoms with E-state index in [1.807, 2.05) is 0 Å². The van der Waals surface area contributed by atoms with Gasteiger partial charge in [0.15, 0.2) is 5.82 Å². The van der Waals surface area contributed by atoms with Crippen LogP contribution in [-0.4, -0.2) is 35.4 Å². The first-order chi connectivity index (χ1) is 13.1. The monoisotopic (exact) mass is 390 g/mol. The topological polar surface area (TPSA) is 89.3 Å². The molecule has 1 spiro atoms. The average molecular weight is 391 g/mol. The molecule has 2 fully saturated rings. The molecule has 8 heteroatoms. The first kappa shape index (κ1) is 18.3. The Balaban J connectivity index is 1.51. The number of rotatable bonds is 3. The van der Waals surface area contributed by atoms with Gasteiger partial charge in [-0.1, -0.05) is 29.6 Å². The van der Waals surface area contributed by atoms with Crippen molar-refractivity contribution < 1.29 is 14.1 Å². The van der Waals surface area contributed by atoms with Crippen LogP contribution in [0.1, 0.15) is 50.3 Å². The second kappa shape index (κ2) is 7.48. The number of amides is 2. The molecule has 1 atom stereocenters. The number of hydrogen-bond donors (Lipinski definition) is 2. The summed E-state index contributed by atoms with van der Waals surface area (Å²) in [6.07, 6.45) is 6.57. The molecular weight excluding hydrogens is 368 g/mol. The van der Waals surface area contributed by atoms with E-state index in [4.69, 9.17) is 20.9 Å². The number of urea groups is 1. The van der Waals surface area contributed by atoms with Gasteiger partial charge in [-0.25, -0.2) is 4.79 Å². The van der Waals surface area contributed by atoms with Gasteiger partial charge in [0.2, 0.25) is 0 Å². The molecule has 1 aliphatic carbocycles. The van der Waals surface area contributed by atoms with Crippen LogP contribution in [0.5, 0.6) is 0 Å². The van der Waals surface area contributed by atoms with Crippen molar-refractivity contribution in [3.8, 4) is 11.5 Å². The van der Waals surface area contributed by atoms with Crippen LogP contribution in [0, 0.1) is 0 Å². The zero-order valence-corrected chi connectivity index (χ0v) is 16.0. The van der Waals surface area contributed by atoms with Gasteiger partial charge in [-0.3, -0.25) is 0 Å². The Labute approximate surface area is 162 Å². The summed E-state index contributed by atoms with van der Waals surface area (Å²) in [7, 11) is 1.55. The van der Waals surface area contributed by atoms with Gasteiger partial charge in [0.1, 0.15) is 0 Å². The molecule has 2 amide bonds. The second-order valence-corrected chi connectivity index (χ2v) is 7.69. The Hall–Kier alpha value is -2.12. The fraction of sp³-hybridized carbons (Fsp3) is 0.526. The number of anilines is 1. The van der Waals surface area contributed by atoms with Crippen molar-refractivity contribution in [1.29, 1.82) is 0 Å². The lowest BCUT2D eigenvalue weighted by Crippen LogP contribution is -2.36. The van der Waals surface area contributed by atoms with E-state index in [9.17, 15) is 4.79 Å². The number of benzene rings is 1. The summed E-state index contributed by atoms with van der Waals surface area (Å²) in [5.41, 5.74) is 1.25. The third-order valence-electron chi connectivity index (χ3n) is 5.50. The Morgan fingerprint density at radius 3 is 2.89 bits per heavy atom. The van der Waals surface area contributed by atoms with E-state index in [0.29, 0.717) is 22.2 Å². The molecule has 1 aromatic carbocycles. The number of carbonyl (C=O) groups is 1. The van der Waals surface area contributed by atoms with E-state index < -0.39 is 0 Å². The van der Waals surface area contributed by atoms with Gasteiger partial charge in [0.25, 0.3) is 5.89 Å². The minimum absolute atomic E-state index is 0.00846. The van der Waals surface area contributed by atoms with E-state index in [1.54, 1.807) is 25.2 Å².